The standard InChI is InChI=1S/C17H15N7/c1-10-8-14(24(23-10)15-4-2-3-7-20-15)17-21-12-6-5-11(16(18)19)9-13(12)22-17/h2-9H,1H3,(H3,18,19)(H,21,22). The van der Waals surface area contributed by atoms with Crippen molar-refractivity contribution in [2.24, 2.45) is 5.73 Å². The van der Waals surface area contributed by atoms with Crippen LogP contribution in [0.1, 0.15) is 11.3 Å². The Kier molecular flexibility index (Phi) is 3.13. The highest BCUT2D eigenvalue weighted by Crippen LogP contribution is 2.24. The van der Waals surface area contributed by atoms with Crippen molar-refractivity contribution >= 4 is 16.9 Å². The fourth-order valence-corrected chi connectivity index (χ4v) is 2.62. The third kappa shape index (κ3) is 2.32. The number of aromatic nitrogens is 5. The van der Waals surface area contributed by atoms with Crippen LogP contribution in [0, 0.1) is 12.3 Å². The molecule has 0 fully saturated rings. The number of nitrogens with zero attached hydrogens (tertiary/aromatic N) is 4. The van der Waals surface area contributed by atoms with Crippen molar-refractivity contribution in [2.45, 2.75) is 6.92 Å². The minimum Gasteiger partial charge on any atom is -0.384 e. The van der Waals surface area contributed by atoms with E-state index in [1.807, 2.05) is 43.3 Å². The van der Waals surface area contributed by atoms with Gasteiger partial charge in [0.15, 0.2) is 11.6 Å². The fourth-order valence-electron chi connectivity index (χ4n) is 2.62. The van der Waals surface area contributed by atoms with Crippen LogP contribution in [0.15, 0.2) is 48.7 Å². The number of H-pyrrole nitrogens is 1. The Morgan fingerprint density at radius 2 is 2.08 bits per heavy atom. The summed E-state index contributed by atoms with van der Waals surface area (Å²) in [6.45, 7) is 1.93. The smallest absolute Gasteiger partial charge is 0.157 e. The summed E-state index contributed by atoms with van der Waals surface area (Å²) in [7, 11) is 0. The largest absolute Gasteiger partial charge is 0.384 e. The van der Waals surface area contributed by atoms with E-state index in [1.54, 1.807) is 16.9 Å². The van der Waals surface area contributed by atoms with Crippen LogP contribution in [0.3, 0.4) is 0 Å². The molecule has 0 atom stereocenters. The van der Waals surface area contributed by atoms with Gasteiger partial charge in [-0.15, -0.1) is 0 Å². The van der Waals surface area contributed by atoms with Crippen molar-refractivity contribution in [3.05, 3.63) is 59.9 Å². The second-order valence-corrected chi connectivity index (χ2v) is 5.50. The molecule has 7 nitrogen and oxygen atoms in total. The molecule has 0 aliphatic rings. The number of fused-ring (bicyclic) bond motifs is 1. The van der Waals surface area contributed by atoms with Crippen molar-refractivity contribution < 1.29 is 0 Å². The molecule has 0 spiro atoms. The molecule has 0 bridgehead atoms. The summed E-state index contributed by atoms with van der Waals surface area (Å²) in [5.74, 6) is 1.45. The summed E-state index contributed by atoms with van der Waals surface area (Å²) >= 11 is 0. The molecule has 7 heteroatoms. The first-order chi connectivity index (χ1) is 11.6. The summed E-state index contributed by atoms with van der Waals surface area (Å²) in [5.41, 5.74) is 9.54. The number of aryl methyl sites for hydroxylation is 1. The van der Waals surface area contributed by atoms with Crippen LogP contribution in [0.25, 0.3) is 28.4 Å². The van der Waals surface area contributed by atoms with Gasteiger partial charge in [0.1, 0.15) is 11.5 Å². The highest BCUT2D eigenvalue weighted by Gasteiger charge is 2.14. The first kappa shape index (κ1) is 14.1. The third-order valence-electron chi connectivity index (χ3n) is 3.73. The van der Waals surface area contributed by atoms with E-state index in [2.05, 4.69) is 20.1 Å². The lowest BCUT2D eigenvalue weighted by Gasteiger charge is -2.03. The maximum atomic E-state index is 7.55. The molecular weight excluding hydrogens is 302 g/mol. The Balaban J connectivity index is 1.88. The molecule has 4 aromatic rings. The van der Waals surface area contributed by atoms with E-state index >= 15 is 0 Å². The predicted molar refractivity (Wildman–Crippen MR) is 92.2 cm³/mol. The molecule has 118 valence electrons. The zero-order chi connectivity index (χ0) is 16.7. The number of rotatable bonds is 3. The molecule has 0 aliphatic heterocycles. The lowest BCUT2D eigenvalue weighted by molar-refractivity contribution is 0.834. The molecule has 4 N–H and O–H groups in total. The molecular formula is C17H15N7. The Morgan fingerprint density at radius 1 is 1.21 bits per heavy atom. The van der Waals surface area contributed by atoms with Gasteiger partial charge in [0.05, 0.1) is 16.7 Å². The van der Waals surface area contributed by atoms with Crippen LogP contribution < -0.4 is 5.73 Å². The van der Waals surface area contributed by atoms with Gasteiger partial charge < -0.3 is 10.7 Å². The molecule has 0 saturated carbocycles. The number of hydrogen-bond acceptors (Lipinski definition) is 4. The lowest BCUT2D eigenvalue weighted by Crippen LogP contribution is -2.10. The summed E-state index contributed by atoms with van der Waals surface area (Å²) in [6.07, 6.45) is 1.73. The first-order valence-corrected chi connectivity index (χ1v) is 7.44. The number of nitrogen functional groups attached to an aromatic ring is 1. The molecule has 3 heterocycles. The highest BCUT2D eigenvalue weighted by atomic mass is 15.3. The van der Waals surface area contributed by atoms with E-state index in [0.29, 0.717) is 11.4 Å². The third-order valence-corrected chi connectivity index (χ3v) is 3.73. The Bertz CT molecular complexity index is 1040. The molecule has 1 aromatic carbocycles. The van der Waals surface area contributed by atoms with Crippen molar-refractivity contribution in [3.8, 4) is 17.3 Å². The predicted octanol–water partition coefficient (Wildman–Crippen LogP) is 2.40. The number of imidazole rings is 1. The van der Waals surface area contributed by atoms with Gasteiger partial charge in [-0.05, 0) is 43.3 Å². The van der Waals surface area contributed by atoms with E-state index in [1.165, 1.54) is 0 Å². The number of benzene rings is 1. The first-order valence-electron chi connectivity index (χ1n) is 7.44. The van der Waals surface area contributed by atoms with Gasteiger partial charge in [-0.2, -0.15) is 5.10 Å². The van der Waals surface area contributed by atoms with Crippen LogP contribution in [-0.4, -0.2) is 30.6 Å². The van der Waals surface area contributed by atoms with E-state index < -0.39 is 0 Å². The van der Waals surface area contributed by atoms with E-state index in [0.717, 1.165) is 28.2 Å². The van der Waals surface area contributed by atoms with Gasteiger partial charge in [0.2, 0.25) is 0 Å². The molecule has 0 unspecified atom stereocenters. The van der Waals surface area contributed by atoms with E-state index in [-0.39, 0.29) is 5.84 Å². The summed E-state index contributed by atoms with van der Waals surface area (Å²) in [6, 6.07) is 13.1. The molecule has 0 radical (unpaired) electrons. The molecule has 0 saturated heterocycles. The minimum atomic E-state index is 0.0300. The van der Waals surface area contributed by atoms with E-state index in [4.69, 9.17) is 11.1 Å². The molecule has 0 amide bonds. The maximum Gasteiger partial charge on any atom is 0.157 e. The molecule has 4 rings (SSSR count). The molecule has 3 aromatic heterocycles. The average molecular weight is 317 g/mol. The van der Waals surface area contributed by atoms with Crippen LogP contribution >= 0.6 is 0 Å². The second-order valence-electron chi connectivity index (χ2n) is 5.50. The van der Waals surface area contributed by atoms with Crippen molar-refractivity contribution in [2.75, 3.05) is 0 Å². The van der Waals surface area contributed by atoms with Gasteiger partial charge in [-0.1, -0.05) is 6.07 Å². The summed E-state index contributed by atoms with van der Waals surface area (Å²) in [4.78, 5) is 12.3. The number of nitrogens with one attached hydrogen (secondary N) is 2. The van der Waals surface area contributed by atoms with E-state index in [9.17, 15) is 0 Å². The Morgan fingerprint density at radius 3 is 2.83 bits per heavy atom. The lowest BCUT2D eigenvalue weighted by atomic mass is 10.2. The monoisotopic (exact) mass is 317 g/mol. The minimum absolute atomic E-state index is 0.0300. The molecule has 0 aliphatic carbocycles. The number of hydrogen-bond donors (Lipinski definition) is 3. The number of amidine groups is 1. The number of pyridine rings is 1. The summed E-state index contributed by atoms with van der Waals surface area (Å²) < 4.78 is 1.76. The van der Waals surface area contributed by atoms with Crippen LogP contribution in [-0.2, 0) is 0 Å². The summed E-state index contributed by atoms with van der Waals surface area (Å²) in [5, 5.41) is 12.1. The Labute approximate surface area is 137 Å². The zero-order valence-electron chi connectivity index (χ0n) is 13.0. The quantitative estimate of drug-likeness (QED) is 0.398. The normalized spacial score (nSPS) is 11.0. The number of nitrogens with two attached hydrogens (primary N) is 1. The second kappa shape index (κ2) is 5.31. The zero-order valence-corrected chi connectivity index (χ0v) is 13.0. The average Bonchev–Trinajstić information content (AvgIpc) is 3.18. The van der Waals surface area contributed by atoms with Crippen molar-refractivity contribution in [1.82, 2.24) is 24.7 Å². The van der Waals surface area contributed by atoms with Gasteiger partial charge in [0.25, 0.3) is 0 Å². The SMILES string of the molecule is Cc1cc(-c2nc3ccc(C(=N)N)cc3[nH]2)n(-c2ccccn2)n1. The van der Waals surface area contributed by atoms with Crippen molar-refractivity contribution in [1.29, 1.82) is 5.41 Å². The van der Waals surface area contributed by atoms with Gasteiger partial charge in [-0.25, -0.2) is 14.6 Å². The van der Waals surface area contributed by atoms with Gasteiger partial charge in [-0.3, -0.25) is 5.41 Å². The van der Waals surface area contributed by atoms with Gasteiger partial charge in [0, 0.05) is 11.8 Å². The topological polar surface area (TPSA) is 109 Å². The van der Waals surface area contributed by atoms with Crippen LogP contribution in [0.2, 0.25) is 0 Å². The van der Waals surface area contributed by atoms with Gasteiger partial charge >= 0.3 is 0 Å². The Hall–Kier alpha value is -3.48. The maximum absolute atomic E-state index is 7.55. The van der Waals surface area contributed by atoms with Crippen LogP contribution in [0.4, 0.5) is 0 Å². The molecule has 24 heavy (non-hydrogen) atoms. The highest BCUT2D eigenvalue weighted by molar-refractivity contribution is 5.98. The van der Waals surface area contributed by atoms with Crippen LogP contribution in [0.5, 0.6) is 0 Å². The van der Waals surface area contributed by atoms with Crippen molar-refractivity contribution in [3.63, 3.8) is 0 Å². The fraction of sp³-hybridized carbons (Fsp3) is 0.0588. The number of aromatic amines is 1.